The molecule has 2 amide bonds. The monoisotopic (exact) mass is 480 g/mol. The molecule has 0 saturated carbocycles. The van der Waals surface area contributed by atoms with Gasteiger partial charge < -0.3 is 20.5 Å². The zero-order chi connectivity index (χ0) is 25.8. The molecule has 0 aliphatic heterocycles. The number of carboxylic acid groups (broad SMARTS) is 1. The van der Waals surface area contributed by atoms with Gasteiger partial charge in [-0.2, -0.15) is 0 Å². The fraction of sp³-hybridized carbons (Fsp3) is 0.464. The first-order valence-corrected chi connectivity index (χ1v) is 12.2. The number of hydrogen-bond donors (Lipinski definition) is 3. The molecule has 2 aromatic carbocycles. The van der Waals surface area contributed by atoms with Crippen LogP contribution in [-0.4, -0.2) is 42.3 Å². The Labute approximate surface area is 207 Å². The smallest absolute Gasteiger partial charge is 0.407 e. The summed E-state index contributed by atoms with van der Waals surface area (Å²) in [6, 6.07) is 15.2. The number of carbonyl (C=O) groups excluding carboxylic acids is 2. The van der Waals surface area contributed by atoms with Crippen molar-refractivity contribution in [2.24, 2.45) is 10.8 Å². The Morgan fingerprint density at radius 3 is 1.91 bits per heavy atom. The number of alkyl carbamates (subject to hydrolysis) is 1. The number of amides is 2. The Morgan fingerprint density at radius 1 is 0.943 bits per heavy atom. The van der Waals surface area contributed by atoms with Gasteiger partial charge in [-0.05, 0) is 40.5 Å². The number of nitrogens with one attached hydrogen (secondary N) is 2. The van der Waals surface area contributed by atoms with E-state index in [4.69, 9.17) is 4.74 Å². The highest BCUT2D eigenvalue weighted by atomic mass is 16.5. The van der Waals surface area contributed by atoms with Gasteiger partial charge in [0.1, 0.15) is 12.6 Å². The van der Waals surface area contributed by atoms with Gasteiger partial charge in [0.15, 0.2) is 0 Å². The maximum atomic E-state index is 13.2. The summed E-state index contributed by atoms with van der Waals surface area (Å²) in [7, 11) is 0. The molecule has 1 aliphatic carbocycles. The van der Waals surface area contributed by atoms with Gasteiger partial charge in [-0.25, -0.2) is 9.59 Å². The van der Waals surface area contributed by atoms with Crippen molar-refractivity contribution >= 4 is 18.0 Å². The van der Waals surface area contributed by atoms with E-state index in [-0.39, 0.29) is 25.0 Å². The molecule has 0 bridgehead atoms. The molecule has 3 N–H and O–H groups in total. The molecule has 1 aliphatic rings. The summed E-state index contributed by atoms with van der Waals surface area (Å²) in [6.07, 6.45) is 0.279. The van der Waals surface area contributed by atoms with Crippen LogP contribution in [0.15, 0.2) is 48.5 Å². The summed E-state index contributed by atoms with van der Waals surface area (Å²) in [4.78, 5) is 37.6. The van der Waals surface area contributed by atoms with Crippen molar-refractivity contribution in [3.05, 3.63) is 59.7 Å². The molecule has 0 spiro atoms. The van der Waals surface area contributed by atoms with Crippen LogP contribution < -0.4 is 10.6 Å². The predicted molar refractivity (Wildman–Crippen MR) is 135 cm³/mol. The number of rotatable bonds is 9. The van der Waals surface area contributed by atoms with Gasteiger partial charge in [-0.3, -0.25) is 4.79 Å². The van der Waals surface area contributed by atoms with Gasteiger partial charge in [0.05, 0.1) is 5.41 Å². The molecule has 3 rings (SSSR count). The van der Waals surface area contributed by atoms with Crippen LogP contribution in [0.1, 0.15) is 64.5 Å². The van der Waals surface area contributed by atoms with Gasteiger partial charge in [-0.15, -0.1) is 0 Å². The number of aliphatic carboxylic acids is 1. The Morgan fingerprint density at radius 2 is 1.46 bits per heavy atom. The quantitative estimate of drug-likeness (QED) is 0.471. The van der Waals surface area contributed by atoms with Gasteiger partial charge in [0, 0.05) is 12.5 Å². The van der Waals surface area contributed by atoms with Crippen LogP contribution in [0, 0.1) is 10.8 Å². The molecule has 0 heterocycles. The number of carboxylic acids is 1. The van der Waals surface area contributed by atoms with Crippen molar-refractivity contribution in [3.63, 3.8) is 0 Å². The maximum Gasteiger partial charge on any atom is 0.407 e. The summed E-state index contributed by atoms with van der Waals surface area (Å²) in [6.45, 7) is 9.24. The molecular formula is C28H36N2O5. The van der Waals surface area contributed by atoms with E-state index < -0.39 is 28.9 Å². The molecule has 0 fully saturated rings. The lowest BCUT2D eigenvalue weighted by Gasteiger charge is -2.35. The van der Waals surface area contributed by atoms with Gasteiger partial charge >= 0.3 is 12.1 Å². The largest absolute Gasteiger partial charge is 0.480 e. The Bertz CT molecular complexity index is 1040. The van der Waals surface area contributed by atoms with Crippen molar-refractivity contribution in [2.45, 2.75) is 59.4 Å². The molecule has 0 radical (unpaired) electrons. The summed E-state index contributed by atoms with van der Waals surface area (Å²) in [5, 5.41) is 15.0. The van der Waals surface area contributed by atoms with Crippen LogP contribution in [0.2, 0.25) is 0 Å². The van der Waals surface area contributed by atoms with E-state index in [0.717, 1.165) is 22.3 Å². The molecule has 1 atom stereocenters. The van der Waals surface area contributed by atoms with E-state index in [1.807, 2.05) is 38.1 Å². The summed E-state index contributed by atoms with van der Waals surface area (Å²) in [5.74, 6) is -1.53. The minimum Gasteiger partial charge on any atom is -0.480 e. The second-order valence-electron chi connectivity index (χ2n) is 10.3. The minimum absolute atomic E-state index is 0.0540. The van der Waals surface area contributed by atoms with E-state index >= 15 is 0 Å². The van der Waals surface area contributed by atoms with Crippen molar-refractivity contribution in [1.82, 2.24) is 10.6 Å². The van der Waals surface area contributed by atoms with Gasteiger partial charge in [0.2, 0.25) is 5.91 Å². The van der Waals surface area contributed by atoms with Crippen LogP contribution in [0.4, 0.5) is 4.79 Å². The highest BCUT2D eigenvalue weighted by Gasteiger charge is 2.41. The molecule has 2 aromatic rings. The lowest BCUT2D eigenvalue weighted by molar-refractivity contribution is -0.147. The highest BCUT2D eigenvalue weighted by Crippen LogP contribution is 2.44. The van der Waals surface area contributed by atoms with Crippen molar-refractivity contribution in [1.29, 1.82) is 0 Å². The Hall–Kier alpha value is -3.35. The van der Waals surface area contributed by atoms with Crippen LogP contribution in [0.25, 0.3) is 11.1 Å². The third-order valence-electron chi connectivity index (χ3n) is 7.14. The van der Waals surface area contributed by atoms with E-state index in [1.165, 1.54) is 0 Å². The third kappa shape index (κ3) is 5.50. The molecule has 35 heavy (non-hydrogen) atoms. The van der Waals surface area contributed by atoms with E-state index in [0.29, 0.717) is 12.8 Å². The van der Waals surface area contributed by atoms with Crippen LogP contribution in [0.5, 0.6) is 0 Å². The number of carbonyl (C=O) groups is 3. The SMILES string of the molecule is CCC(CC)(CNC(=O)OCC1c2ccccc2-c2ccccc21)C(=O)NC(C(=O)O)C(C)(C)C. The molecule has 7 nitrogen and oxygen atoms in total. The van der Waals surface area contributed by atoms with E-state index in [1.54, 1.807) is 20.8 Å². The first kappa shape index (κ1) is 26.3. The molecule has 188 valence electrons. The zero-order valence-corrected chi connectivity index (χ0v) is 21.2. The first-order chi connectivity index (χ1) is 16.5. The fourth-order valence-corrected chi connectivity index (χ4v) is 4.73. The van der Waals surface area contributed by atoms with Gasteiger partial charge in [-0.1, -0.05) is 83.1 Å². The third-order valence-corrected chi connectivity index (χ3v) is 7.14. The number of ether oxygens (including phenoxy) is 1. The molecular weight excluding hydrogens is 444 g/mol. The summed E-state index contributed by atoms with van der Waals surface area (Å²) >= 11 is 0. The molecule has 7 heteroatoms. The number of benzene rings is 2. The molecule has 0 saturated heterocycles. The average Bonchev–Trinajstić information content (AvgIpc) is 3.15. The summed E-state index contributed by atoms with van der Waals surface area (Å²) < 4.78 is 5.60. The van der Waals surface area contributed by atoms with Crippen LogP contribution >= 0.6 is 0 Å². The first-order valence-electron chi connectivity index (χ1n) is 12.2. The Balaban J connectivity index is 1.65. The zero-order valence-electron chi connectivity index (χ0n) is 21.2. The van der Waals surface area contributed by atoms with Gasteiger partial charge in [0.25, 0.3) is 0 Å². The van der Waals surface area contributed by atoms with Crippen molar-refractivity contribution in [2.75, 3.05) is 13.2 Å². The maximum absolute atomic E-state index is 13.2. The lowest BCUT2D eigenvalue weighted by Crippen LogP contribution is -2.56. The fourth-order valence-electron chi connectivity index (χ4n) is 4.73. The number of fused-ring (bicyclic) bond motifs is 3. The molecule has 1 unspecified atom stereocenters. The predicted octanol–water partition coefficient (Wildman–Crippen LogP) is 4.95. The Kier molecular flexibility index (Phi) is 7.88. The van der Waals surface area contributed by atoms with Crippen LogP contribution in [-0.2, 0) is 14.3 Å². The summed E-state index contributed by atoms with van der Waals surface area (Å²) in [5.41, 5.74) is 2.95. The van der Waals surface area contributed by atoms with E-state index in [2.05, 4.69) is 34.9 Å². The average molecular weight is 481 g/mol. The second kappa shape index (κ2) is 10.5. The second-order valence-corrected chi connectivity index (χ2v) is 10.3. The highest BCUT2D eigenvalue weighted by molar-refractivity contribution is 5.88. The van der Waals surface area contributed by atoms with E-state index in [9.17, 15) is 19.5 Å². The number of hydrogen-bond acceptors (Lipinski definition) is 4. The minimum atomic E-state index is -1.09. The van der Waals surface area contributed by atoms with Crippen LogP contribution in [0.3, 0.4) is 0 Å². The normalized spacial score (nSPS) is 14.0. The molecule has 0 aromatic heterocycles. The van der Waals surface area contributed by atoms with Crippen molar-refractivity contribution in [3.8, 4) is 11.1 Å². The van der Waals surface area contributed by atoms with Crippen molar-refractivity contribution < 1.29 is 24.2 Å². The standard InChI is InChI=1S/C28H36N2O5/c1-6-28(7-2,25(33)30-23(24(31)32)27(3,4)5)17-29-26(34)35-16-22-20-14-10-8-12-18(20)19-13-9-11-15-21(19)22/h8-15,22-23H,6-7,16-17H2,1-5H3,(H,29,34)(H,30,33)(H,31,32). The topological polar surface area (TPSA) is 105 Å². The lowest BCUT2D eigenvalue weighted by atomic mass is 9.79.